The number of esters is 1. The van der Waals surface area contributed by atoms with Crippen molar-refractivity contribution < 1.29 is 19.1 Å². The summed E-state index contributed by atoms with van der Waals surface area (Å²) in [6.45, 7) is 4.88. The molecule has 1 heterocycles. The zero-order chi connectivity index (χ0) is 19.4. The van der Waals surface area contributed by atoms with Gasteiger partial charge in [-0.2, -0.15) is 0 Å². The molecule has 0 bridgehead atoms. The second kappa shape index (κ2) is 8.85. The predicted molar refractivity (Wildman–Crippen MR) is 106 cm³/mol. The van der Waals surface area contributed by atoms with Crippen molar-refractivity contribution in [3.63, 3.8) is 0 Å². The number of carbonyl (C=O) groups is 2. The molecule has 0 amide bonds. The van der Waals surface area contributed by atoms with E-state index in [9.17, 15) is 9.59 Å². The van der Waals surface area contributed by atoms with E-state index >= 15 is 0 Å². The van der Waals surface area contributed by atoms with Gasteiger partial charge in [0.05, 0.1) is 12.2 Å². The highest BCUT2D eigenvalue weighted by Gasteiger charge is 2.39. The van der Waals surface area contributed by atoms with Crippen LogP contribution in [0.1, 0.15) is 44.6 Å². The van der Waals surface area contributed by atoms with Crippen LogP contribution >= 0.6 is 15.9 Å². The molecule has 3 rings (SSSR count). The summed E-state index contributed by atoms with van der Waals surface area (Å²) in [6.07, 6.45) is 2.16. The minimum atomic E-state index is -0.411. The molecule has 0 spiro atoms. The lowest BCUT2D eigenvalue weighted by atomic mass is 9.75. The molecule has 27 heavy (non-hydrogen) atoms. The number of dihydropyridines is 1. The molecule has 0 aromatic heterocycles. The number of nitrogens with one attached hydrogen (secondary N) is 1. The Bertz CT molecular complexity index is 812. The van der Waals surface area contributed by atoms with E-state index in [-0.39, 0.29) is 12.4 Å². The van der Waals surface area contributed by atoms with Gasteiger partial charge in [0, 0.05) is 40.4 Å². The van der Waals surface area contributed by atoms with E-state index in [0.717, 1.165) is 34.3 Å². The molecule has 144 valence electrons. The second-order valence-corrected chi connectivity index (χ2v) is 7.57. The Hall–Kier alpha value is -1.92. The molecule has 0 saturated heterocycles. The van der Waals surface area contributed by atoms with E-state index in [2.05, 4.69) is 21.2 Å². The summed E-state index contributed by atoms with van der Waals surface area (Å²) in [5.74, 6) is -0.721. The van der Waals surface area contributed by atoms with E-state index in [4.69, 9.17) is 9.47 Å². The van der Waals surface area contributed by atoms with Crippen molar-refractivity contribution in [1.82, 2.24) is 5.32 Å². The van der Waals surface area contributed by atoms with Gasteiger partial charge >= 0.3 is 5.97 Å². The third-order valence-electron chi connectivity index (χ3n) is 4.84. The summed E-state index contributed by atoms with van der Waals surface area (Å²) in [5, 5.41) is 3.29. The highest BCUT2D eigenvalue weighted by Crippen LogP contribution is 2.42. The smallest absolute Gasteiger partial charge is 0.336 e. The van der Waals surface area contributed by atoms with Crippen molar-refractivity contribution in [1.29, 1.82) is 0 Å². The van der Waals surface area contributed by atoms with Gasteiger partial charge in [0.2, 0.25) is 0 Å². The molecule has 1 aliphatic carbocycles. The number of halogens is 1. The van der Waals surface area contributed by atoms with Gasteiger partial charge in [-0.1, -0.05) is 28.1 Å². The van der Waals surface area contributed by atoms with Crippen LogP contribution in [0.3, 0.4) is 0 Å². The second-order valence-electron chi connectivity index (χ2n) is 6.65. The number of ketones is 1. The highest BCUT2D eigenvalue weighted by atomic mass is 79.9. The minimum Gasteiger partial charge on any atom is -0.460 e. The van der Waals surface area contributed by atoms with Gasteiger partial charge in [-0.15, -0.1) is 0 Å². The van der Waals surface area contributed by atoms with Gasteiger partial charge in [-0.05, 0) is 44.4 Å². The zero-order valence-electron chi connectivity index (χ0n) is 15.6. The monoisotopic (exact) mass is 433 g/mol. The molecule has 0 fully saturated rings. The number of allylic oxidation sites excluding steroid dienone is 3. The first-order valence-corrected chi connectivity index (χ1v) is 10.1. The lowest BCUT2D eigenvalue weighted by Crippen LogP contribution is -2.34. The Balaban J connectivity index is 1.99. The van der Waals surface area contributed by atoms with Gasteiger partial charge in [0.25, 0.3) is 0 Å². The molecule has 1 aromatic carbocycles. The van der Waals surface area contributed by atoms with Gasteiger partial charge in [-0.3, -0.25) is 4.79 Å². The Labute approximate surface area is 167 Å². The summed E-state index contributed by atoms with van der Waals surface area (Å²) < 4.78 is 11.6. The normalized spacial score (nSPS) is 19.7. The maximum atomic E-state index is 12.9. The largest absolute Gasteiger partial charge is 0.460 e. The van der Waals surface area contributed by atoms with Crippen molar-refractivity contribution >= 4 is 27.7 Å². The minimum absolute atomic E-state index is 0.0980. The van der Waals surface area contributed by atoms with Crippen LogP contribution in [0.2, 0.25) is 0 Å². The van der Waals surface area contributed by atoms with Crippen molar-refractivity contribution in [3.8, 4) is 0 Å². The lowest BCUT2D eigenvalue weighted by Gasteiger charge is -2.34. The van der Waals surface area contributed by atoms with Gasteiger partial charge in [0.15, 0.2) is 5.78 Å². The molecular weight excluding hydrogens is 410 g/mol. The van der Waals surface area contributed by atoms with Crippen LogP contribution in [0.5, 0.6) is 0 Å². The topological polar surface area (TPSA) is 64.6 Å². The summed E-state index contributed by atoms with van der Waals surface area (Å²) in [7, 11) is 0. The van der Waals surface area contributed by atoms with Crippen LogP contribution in [0.25, 0.3) is 0 Å². The number of rotatable bonds is 6. The van der Waals surface area contributed by atoms with Crippen LogP contribution in [0.15, 0.2) is 51.3 Å². The number of hydrogen-bond acceptors (Lipinski definition) is 5. The number of benzene rings is 1. The fourth-order valence-electron chi connectivity index (χ4n) is 3.69. The summed E-state index contributed by atoms with van der Waals surface area (Å²) in [5.41, 5.74) is 3.78. The molecule has 2 aliphatic rings. The Morgan fingerprint density at radius 3 is 2.85 bits per heavy atom. The first-order valence-electron chi connectivity index (χ1n) is 9.27. The van der Waals surface area contributed by atoms with Crippen LogP contribution in [-0.2, 0) is 19.1 Å². The molecule has 1 N–H and O–H groups in total. The SMILES string of the molecule is CCOCCOC(=O)C1=C(C)NC2=C(C(=O)CCC2)C1c1cccc(Br)c1. The Morgan fingerprint density at radius 2 is 2.11 bits per heavy atom. The molecule has 1 aromatic rings. The van der Waals surface area contributed by atoms with Gasteiger partial charge < -0.3 is 14.8 Å². The fourth-order valence-corrected chi connectivity index (χ4v) is 4.11. The number of Topliss-reactive ketones (excluding diaryl/α,β-unsaturated/α-hetero) is 1. The summed E-state index contributed by atoms with van der Waals surface area (Å²) in [6, 6.07) is 7.76. The van der Waals surface area contributed by atoms with Crippen molar-refractivity contribution in [2.75, 3.05) is 19.8 Å². The average molecular weight is 434 g/mol. The van der Waals surface area contributed by atoms with E-state index in [1.165, 1.54) is 0 Å². The number of carbonyl (C=O) groups excluding carboxylic acids is 2. The Kier molecular flexibility index (Phi) is 6.50. The van der Waals surface area contributed by atoms with Crippen molar-refractivity contribution in [2.24, 2.45) is 0 Å². The van der Waals surface area contributed by atoms with E-state index in [0.29, 0.717) is 30.8 Å². The van der Waals surface area contributed by atoms with Crippen LogP contribution in [0, 0.1) is 0 Å². The summed E-state index contributed by atoms with van der Waals surface area (Å²) >= 11 is 3.50. The van der Waals surface area contributed by atoms with Crippen LogP contribution in [0.4, 0.5) is 0 Å². The molecule has 0 radical (unpaired) electrons. The molecule has 1 atom stereocenters. The molecule has 5 nitrogen and oxygen atoms in total. The molecular formula is C21H24BrNO4. The molecule has 0 saturated carbocycles. The maximum Gasteiger partial charge on any atom is 0.336 e. The fraction of sp³-hybridized carbons (Fsp3) is 0.429. The van der Waals surface area contributed by atoms with E-state index in [1.807, 2.05) is 38.1 Å². The number of hydrogen-bond donors (Lipinski definition) is 1. The lowest BCUT2D eigenvalue weighted by molar-refractivity contribution is -0.140. The third kappa shape index (κ3) is 4.33. The van der Waals surface area contributed by atoms with E-state index < -0.39 is 11.9 Å². The first kappa shape index (κ1) is 19.8. The van der Waals surface area contributed by atoms with Crippen molar-refractivity contribution in [2.45, 2.75) is 39.0 Å². The number of ether oxygens (including phenoxy) is 2. The summed E-state index contributed by atoms with van der Waals surface area (Å²) in [4.78, 5) is 25.7. The quantitative estimate of drug-likeness (QED) is 0.542. The van der Waals surface area contributed by atoms with Gasteiger partial charge in [0.1, 0.15) is 6.61 Å². The van der Waals surface area contributed by atoms with Gasteiger partial charge in [-0.25, -0.2) is 4.79 Å². The standard InChI is InChI=1S/C21H24BrNO4/c1-3-26-10-11-27-21(25)18-13(2)23-16-8-5-9-17(24)20(16)19(18)14-6-4-7-15(22)12-14/h4,6-7,12,19,23H,3,5,8-11H2,1-2H3. The molecule has 6 heteroatoms. The predicted octanol–water partition coefficient (Wildman–Crippen LogP) is 4.00. The molecule has 1 unspecified atom stereocenters. The van der Waals surface area contributed by atoms with Crippen LogP contribution in [-0.4, -0.2) is 31.6 Å². The zero-order valence-corrected chi connectivity index (χ0v) is 17.2. The highest BCUT2D eigenvalue weighted by molar-refractivity contribution is 9.10. The molecule has 1 aliphatic heterocycles. The maximum absolute atomic E-state index is 12.9. The van der Waals surface area contributed by atoms with Crippen LogP contribution < -0.4 is 5.32 Å². The average Bonchev–Trinajstić information content (AvgIpc) is 2.64. The van der Waals surface area contributed by atoms with Crippen molar-refractivity contribution in [3.05, 3.63) is 56.8 Å². The third-order valence-corrected chi connectivity index (χ3v) is 5.34. The Morgan fingerprint density at radius 1 is 1.30 bits per heavy atom. The van der Waals surface area contributed by atoms with E-state index in [1.54, 1.807) is 0 Å². The first-order chi connectivity index (χ1) is 13.0.